The fourth-order valence-corrected chi connectivity index (χ4v) is 3.63. The zero-order valence-corrected chi connectivity index (χ0v) is 14.4. The van der Waals surface area contributed by atoms with E-state index in [1.54, 1.807) is 23.5 Å². The number of nitrogens with one attached hydrogen (secondary N) is 1. The van der Waals surface area contributed by atoms with E-state index in [4.69, 9.17) is 14.6 Å². The summed E-state index contributed by atoms with van der Waals surface area (Å²) in [7, 11) is 0. The van der Waals surface area contributed by atoms with Crippen LogP contribution in [0.3, 0.4) is 0 Å². The van der Waals surface area contributed by atoms with Crippen molar-refractivity contribution >= 4 is 23.2 Å². The number of hydrogen-bond acceptors (Lipinski definition) is 5. The lowest BCUT2D eigenvalue weighted by Gasteiger charge is -2.10. The number of aliphatic carboxylic acids is 1. The number of thiophene rings is 1. The normalized spacial score (nSPS) is 13.1. The van der Waals surface area contributed by atoms with Gasteiger partial charge in [0.1, 0.15) is 5.75 Å². The van der Waals surface area contributed by atoms with E-state index in [2.05, 4.69) is 5.32 Å². The second-order valence-corrected chi connectivity index (χ2v) is 6.83. The second-order valence-electron chi connectivity index (χ2n) is 5.69. The Bertz CT molecular complexity index is 730. The van der Waals surface area contributed by atoms with E-state index in [0.717, 1.165) is 29.0 Å². The maximum Gasteiger partial charge on any atom is 0.341 e. The average molecular weight is 361 g/mol. The maximum atomic E-state index is 12.2. The van der Waals surface area contributed by atoms with E-state index >= 15 is 0 Å². The molecule has 0 bridgehead atoms. The number of amides is 1. The van der Waals surface area contributed by atoms with Crippen LogP contribution in [0.4, 0.5) is 0 Å². The maximum absolute atomic E-state index is 12.2. The Hall–Kier alpha value is -2.38. The Morgan fingerprint density at radius 2 is 2.08 bits per heavy atom. The largest absolute Gasteiger partial charge is 0.482 e. The fourth-order valence-electron chi connectivity index (χ4n) is 2.56. The molecule has 1 aliphatic heterocycles. The summed E-state index contributed by atoms with van der Waals surface area (Å²) in [4.78, 5) is 24.7. The summed E-state index contributed by atoms with van der Waals surface area (Å²) >= 11 is 1.54. The van der Waals surface area contributed by atoms with E-state index in [1.807, 2.05) is 18.2 Å². The van der Waals surface area contributed by atoms with Crippen LogP contribution in [0.5, 0.6) is 5.75 Å². The first kappa shape index (κ1) is 17.4. The molecule has 0 atom stereocenters. The molecule has 0 saturated heterocycles. The van der Waals surface area contributed by atoms with Crippen LogP contribution in [0.25, 0.3) is 0 Å². The van der Waals surface area contributed by atoms with Crippen molar-refractivity contribution in [2.75, 3.05) is 19.8 Å². The molecule has 3 rings (SSSR count). The van der Waals surface area contributed by atoms with E-state index in [9.17, 15) is 9.59 Å². The Kier molecular flexibility index (Phi) is 5.67. The molecule has 0 radical (unpaired) electrons. The number of carboxylic acids is 1. The van der Waals surface area contributed by atoms with Gasteiger partial charge >= 0.3 is 5.97 Å². The molecule has 0 aliphatic carbocycles. The van der Waals surface area contributed by atoms with Crippen molar-refractivity contribution in [3.05, 3.63) is 51.2 Å². The predicted octanol–water partition coefficient (Wildman–Crippen LogP) is 2.26. The van der Waals surface area contributed by atoms with Gasteiger partial charge in [-0.15, -0.1) is 11.3 Å². The van der Waals surface area contributed by atoms with Gasteiger partial charge in [-0.3, -0.25) is 4.79 Å². The van der Waals surface area contributed by atoms with Gasteiger partial charge in [-0.05, 0) is 35.7 Å². The van der Waals surface area contributed by atoms with Gasteiger partial charge in [0, 0.05) is 17.8 Å². The summed E-state index contributed by atoms with van der Waals surface area (Å²) < 4.78 is 10.5. The zero-order valence-electron chi connectivity index (χ0n) is 13.6. The highest BCUT2D eigenvalue weighted by Crippen LogP contribution is 2.26. The van der Waals surface area contributed by atoms with Crippen LogP contribution in [-0.2, 0) is 29.0 Å². The third kappa shape index (κ3) is 4.80. The van der Waals surface area contributed by atoms with Crippen LogP contribution >= 0.6 is 11.3 Å². The number of rotatable bonds is 7. The van der Waals surface area contributed by atoms with E-state index in [-0.39, 0.29) is 12.5 Å². The molecule has 1 aliphatic rings. The summed E-state index contributed by atoms with van der Waals surface area (Å²) in [6, 6.07) is 9.11. The Labute approximate surface area is 149 Å². The fraction of sp³-hybridized carbons (Fsp3) is 0.333. The monoisotopic (exact) mass is 361 g/mol. The minimum atomic E-state index is -1.01. The predicted molar refractivity (Wildman–Crippen MR) is 93.3 cm³/mol. The van der Waals surface area contributed by atoms with Crippen molar-refractivity contribution in [3.63, 3.8) is 0 Å². The number of carbonyl (C=O) groups is 2. The van der Waals surface area contributed by atoms with Gasteiger partial charge in [-0.25, -0.2) is 4.79 Å². The van der Waals surface area contributed by atoms with Crippen LogP contribution < -0.4 is 10.1 Å². The Morgan fingerprint density at radius 1 is 1.28 bits per heavy atom. The number of benzene rings is 1. The van der Waals surface area contributed by atoms with Crippen molar-refractivity contribution < 1.29 is 24.2 Å². The molecule has 2 aromatic rings. The molecule has 1 aromatic carbocycles. The number of carbonyl (C=O) groups excluding carboxylic acids is 1. The average Bonchev–Trinajstić information content (AvgIpc) is 3.05. The first-order valence-corrected chi connectivity index (χ1v) is 8.84. The number of carboxylic acid groups (broad SMARTS) is 1. The molecule has 2 N–H and O–H groups in total. The minimum absolute atomic E-state index is 0.0548. The molecule has 2 heterocycles. The molecule has 6 nitrogen and oxygen atoms in total. The summed E-state index contributed by atoms with van der Waals surface area (Å²) in [6.45, 7) is 1.49. The molecule has 25 heavy (non-hydrogen) atoms. The SMILES string of the molecule is O=C(O)COc1ccc(CCNC(=O)c2cc3c(s2)CCOC3)cc1. The number of fused-ring (bicyclic) bond motifs is 1. The highest BCUT2D eigenvalue weighted by molar-refractivity contribution is 7.14. The molecule has 0 spiro atoms. The minimum Gasteiger partial charge on any atom is -0.482 e. The van der Waals surface area contributed by atoms with Crippen molar-refractivity contribution in [2.45, 2.75) is 19.4 Å². The topological polar surface area (TPSA) is 84.9 Å². The molecular formula is C18H19NO5S. The van der Waals surface area contributed by atoms with E-state index < -0.39 is 5.97 Å². The van der Waals surface area contributed by atoms with E-state index in [1.165, 1.54) is 4.88 Å². The van der Waals surface area contributed by atoms with Gasteiger partial charge in [-0.1, -0.05) is 12.1 Å². The zero-order chi connectivity index (χ0) is 17.6. The highest BCUT2D eigenvalue weighted by Gasteiger charge is 2.17. The summed E-state index contributed by atoms with van der Waals surface area (Å²) in [5, 5.41) is 11.5. The third-order valence-corrected chi connectivity index (χ3v) is 5.07. The number of hydrogen-bond donors (Lipinski definition) is 2. The molecular weight excluding hydrogens is 342 g/mol. The lowest BCUT2D eigenvalue weighted by atomic mass is 10.1. The molecule has 0 fully saturated rings. The van der Waals surface area contributed by atoms with Crippen molar-refractivity contribution in [1.29, 1.82) is 0 Å². The molecule has 0 saturated carbocycles. The van der Waals surface area contributed by atoms with Crippen molar-refractivity contribution in [2.24, 2.45) is 0 Å². The molecule has 0 unspecified atom stereocenters. The van der Waals surface area contributed by atoms with Gasteiger partial charge in [0.2, 0.25) is 0 Å². The quantitative estimate of drug-likeness (QED) is 0.790. The van der Waals surface area contributed by atoms with Crippen LogP contribution in [-0.4, -0.2) is 36.7 Å². The van der Waals surface area contributed by atoms with Gasteiger partial charge in [0.25, 0.3) is 5.91 Å². The van der Waals surface area contributed by atoms with Gasteiger partial charge in [-0.2, -0.15) is 0 Å². The standard InChI is InChI=1S/C18H19NO5S/c20-17(21)11-24-14-3-1-12(2-4-14)5-7-19-18(22)16-9-13-10-23-8-6-15(13)25-16/h1-4,9H,5-8,10-11H2,(H,19,22)(H,20,21). The van der Waals surface area contributed by atoms with Crippen LogP contribution in [0, 0.1) is 0 Å². The smallest absolute Gasteiger partial charge is 0.341 e. The first-order valence-electron chi connectivity index (χ1n) is 8.03. The lowest BCUT2D eigenvalue weighted by Crippen LogP contribution is -2.24. The molecule has 7 heteroatoms. The highest BCUT2D eigenvalue weighted by atomic mass is 32.1. The number of ether oxygens (including phenoxy) is 2. The summed E-state index contributed by atoms with van der Waals surface area (Å²) in [5.74, 6) is -0.545. The van der Waals surface area contributed by atoms with Crippen molar-refractivity contribution in [1.82, 2.24) is 5.32 Å². The van der Waals surface area contributed by atoms with Crippen LogP contribution in [0.1, 0.15) is 25.7 Å². The summed E-state index contributed by atoms with van der Waals surface area (Å²) in [6.07, 6.45) is 1.57. The lowest BCUT2D eigenvalue weighted by molar-refractivity contribution is -0.139. The molecule has 1 amide bonds. The molecule has 1 aromatic heterocycles. The Morgan fingerprint density at radius 3 is 2.80 bits per heavy atom. The summed E-state index contributed by atoms with van der Waals surface area (Å²) in [5.41, 5.74) is 2.17. The Balaban J connectivity index is 1.46. The first-order chi connectivity index (χ1) is 12.1. The van der Waals surface area contributed by atoms with Crippen LogP contribution in [0.15, 0.2) is 30.3 Å². The van der Waals surface area contributed by atoms with Gasteiger partial charge in [0.15, 0.2) is 6.61 Å². The van der Waals surface area contributed by atoms with Crippen molar-refractivity contribution in [3.8, 4) is 5.75 Å². The molecule has 132 valence electrons. The van der Waals surface area contributed by atoms with Crippen LogP contribution in [0.2, 0.25) is 0 Å². The third-order valence-electron chi connectivity index (χ3n) is 3.84. The van der Waals surface area contributed by atoms with E-state index in [0.29, 0.717) is 25.3 Å². The second kappa shape index (κ2) is 8.13. The van der Waals surface area contributed by atoms with Gasteiger partial charge in [0.05, 0.1) is 18.1 Å². The van der Waals surface area contributed by atoms with Gasteiger partial charge < -0.3 is 19.9 Å².